The summed E-state index contributed by atoms with van der Waals surface area (Å²) in [4.78, 5) is 0. The van der Waals surface area contributed by atoms with Crippen LogP contribution in [-0.2, 0) is 0 Å². The van der Waals surface area contributed by atoms with Gasteiger partial charge in [-0.25, -0.2) is 5.84 Å². The summed E-state index contributed by atoms with van der Waals surface area (Å²) in [6.07, 6.45) is 0. The fourth-order valence-electron chi connectivity index (χ4n) is 1.41. The molecule has 0 bridgehead atoms. The maximum atomic E-state index is 5.25. The van der Waals surface area contributed by atoms with Gasteiger partial charge in [0.05, 0.1) is 12.8 Å². The van der Waals surface area contributed by atoms with Crippen molar-refractivity contribution in [3.05, 3.63) is 36.4 Å². The van der Waals surface area contributed by atoms with Gasteiger partial charge < -0.3 is 10.2 Å². The molecule has 3 N–H and O–H groups in total. The Bertz CT molecular complexity index is 470. The van der Waals surface area contributed by atoms with Crippen molar-refractivity contribution in [2.24, 2.45) is 5.84 Å². The summed E-state index contributed by atoms with van der Waals surface area (Å²) in [7, 11) is 1.63. The summed E-state index contributed by atoms with van der Waals surface area (Å²) in [5.41, 5.74) is 4.08. The topological polar surface area (TPSA) is 73.1 Å². The van der Waals surface area contributed by atoms with Gasteiger partial charge in [0.25, 0.3) is 0 Å². The van der Waals surface area contributed by atoms with Gasteiger partial charge in [0.2, 0.25) is 0 Å². The predicted octanol–water partition coefficient (Wildman–Crippen LogP) is 1.44. The number of nitrogens with two attached hydrogens (primary N) is 1. The summed E-state index contributed by atoms with van der Waals surface area (Å²) in [6.45, 7) is 0. The molecule has 82 valence electrons. The Morgan fingerprint density at radius 2 is 1.94 bits per heavy atom. The van der Waals surface area contributed by atoms with E-state index in [1.165, 1.54) is 0 Å². The van der Waals surface area contributed by atoms with E-state index in [9.17, 15) is 0 Å². The molecule has 0 aliphatic carbocycles. The normalized spacial score (nSPS) is 9.88. The van der Waals surface area contributed by atoms with Crippen LogP contribution in [0.1, 0.15) is 0 Å². The first-order valence-electron chi connectivity index (χ1n) is 4.79. The second-order valence-electron chi connectivity index (χ2n) is 3.15. The molecule has 5 heteroatoms. The first kappa shape index (κ1) is 10.4. The van der Waals surface area contributed by atoms with Gasteiger partial charge in [-0.2, -0.15) is 0 Å². The molecular weight excluding hydrogens is 204 g/mol. The predicted molar refractivity (Wildman–Crippen MR) is 61.8 cm³/mol. The van der Waals surface area contributed by atoms with Crippen molar-refractivity contribution >= 4 is 5.82 Å². The maximum Gasteiger partial charge on any atom is 0.162 e. The molecule has 0 radical (unpaired) electrons. The largest absolute Gasteiger partial charge is 0.496 e. The van der Waals surface area contributed by atoms with Gasteiger partial charge in [0.1, 0.15) is 5.75 Å². The van der Waals surface area contributed by atoms with Crippen molar-refractivity contribution in [1.82, 2.24) is 10.2 Å². The zero-order valence-corrected chi connectivity index (χ0v) is 8.84. The van der Waals surface area contributed by atoms with Crippen molar-refractivity contribution in [2.45, 2.75) is 0 Å². The number of hydrazine groups is 1. The van der Waals surface area contributed by atoms with E-state index in [1.807, 2.05) is 30.3 Å². The summed E-state index contributed by atoms with van der Waals surface area (Å²) in [5, 5.41) is 7.96. The zero-order chi connectivity index (χ0) is 11.4. The van der Waals surface area contributed by atoms with Crippen LogP contribution in [0.5, 0.6) is 5.75 Å². The van der Waals surface area contributed by atoms with Crippen LogP contribution in [0.3, 0.4) is 0 Å². The second kappa shape index (κ2) is 4.59. The first-order chi connectivity index (χ1) is 7.85. The molecule has 1 aromatic carbocycles. The van der Waals surface area contributed by atoms with E-state index in [-0.39, 0.29) is 0 Å². The molecule has 0 spiro atoms. The van der Waals surface area contributed by atoms with E-state index < -0.39 is 0 Å². The van der Waals surface area contributed by atoms with E-state index in [1.54, 1.807) is 13.2 Å². The lowest BCUT2D eigenvalue weighted by atomic mass is 10.1. The third-order valence-corrected chi connectivity index (χ3v) is 2.20. The monoisotopic (exact) mass is 216 g/mol. The molecule has 16 heavy (non-hydrogen) atoms. The minimum atomic E-state index is 0.527. The number of nitrogens with zero attached hydrogens (tertiary/aromatic N) is 2. The molecule has 0 aliphatic rings. The molecule has 0 saturated carbocycles. The quantitative estimate of drug-likeness (QED) is 0.600. The Kier molecular flexibility index (Phi) is 2.98. The maximum absolute atomic E-state index is 5.25. The highest BCUT2D eigenvalue weighted by Crippen LogP contribution is 2.27. The number of ether oxygens (including phenoxy) is 1. The number of methoxy groups -OCH3 is 1. The molecule has 0 atom stereocenters. The van der Waals surface area contributed by atoms with Gasteiger partial charge in [-0.1, -0.05) is 12.1 Å². The van der Waals surface area contributed by atoms with Crippen molar-refractivity contribution in [3.63, 3.8) is 0 Å². The zero-order valence-electron chi connectivity index (χ0n) is 8.84. The number of anilines is 1. The van der Waals surface area contributed by atoms with Crippen LogP contribution >= 0.6 is 0 Å². The third kappa shape index (κ3) is 1.94. The lowest BCUT2D eigenvalue weighted by Crippen LogP contribution is -2.09. The summed E-state index contributed by atoms with van der Waals surface area (Å²) in [5.74, 6) is 6.51. The SMILES string of the molecule is COc1ccccc1-c1ccc(NN)nn1. The smallest absolute Gasteiger partial charge is 0.162 e. The number of hydrogen-bond acceptors (Lipinski definition) is 5. The second-order valence-corrected chi connectivity index (χ2v) is 3.15. The van der Waals surface area contributed by atoms with Gasteiger partial charge in [-0.05, 0) is 24.3 Å². The van der Waals surface area contributed by atoms with Crippen LogP contribution in [0.25, 0.3) is 11.3 Å². The summed E-state index contributed by atoms with van der Waals surface area (Å²) in [6, 6.07) is 11.2. The fraction of sp³-hybridized carbons (Fsp3) is 0.0909. The minimum absolute atomic E-state index is 0.527. The lowest BCUT2D eigenvalue weighted by molar-refractivity contribution is 0.416. The van der Waals surface area contributed by atoms with Crippen molar-refractivity contribution in [3.8, 4) is 17.0 Å². The Morgan fingerprint density at radius 3 is 2.56 bits per heavy atom. The van der Waals surface area contributed by atoms with Gasteiger partial charge in [-0.3, -0.25) is 0 Å². The molecule has 1 heterocycles. The standard InChI is InChI=1S/C11H12N4O/c1-16-10-5-3-2-4-8(10)9-6-7-11(13-12)15-14-9/h2-7H,12H2,1H3,(H,13,15). The highest BCUT2D eigenvalue weighted by atomic mass is 16.5. The van der Waals surface area contributed by atoms with Crippen molar-refractivity contribution in [1.29, 1.82) is 0 Å². The Balaban J connectivity index is 2.42. The van der Waals surface area contributed by atoms with Gasteiger partial charge >= 0.3 is 0 Å². The van der Waals surface area contributed by atoms with Crippen LogP contribution in [0, 0.1) is 0 Å². The number of nitrogen functional groups attached to an aromatic ring is 1. The Labute approximate surface area is 93.2 Å². The van der Waals surface area contributed by atoms with E-state index in [0.717, 1.165) is 17.0 Å². The van der Waals surface area contributed by atoms with Gasteiger partial charge in [0.15, 0.2) is 5.82 Å². The number of nitrogens with one attached hydrogen (secondary N) is 1. The van der Waals surface area contributed by atoms with Crippen LogP contribution < -0.4 is 16.0 Å². The van der Waals surface area contributed by atoms with Crippen molar-refractivity contribution in [2.75, 3.05) is 12.5 Å². The van der Waals surface area contributed by atoms with Crippen molar-refractivity contribution < 1.29 is 4.74 Å². The van der Waals surface area contributed by atoms with E-state index in [2.05, 4.69) is 15.6 Å². The van der Waals surface area contributed by atoms with E-state index in [4.69, 9.17) is 10.6 Å². The molecule has 0 amide bonds. The van der Waals surface area contributed by atoms with Gasteiger partial charge in [-0.15, -0.1) is 10.2 Å². The van der Waals surface area contributed by atoms with Crippen LogP contribution in [0.4, 0.5) is 5.82 Å². The molecule has 2 aromatic rings. The van der Waals surface area contributed by atoms with Crippen LogP contribution in [0.2, 0.25) is 0 Å². The Morgan fingerprint density at radius 1 is 1.12 bits per heavy atom. The Hall–Kier alpha value is -2.14. The first-order valence-corrected chi connectivity index (χ1v) is 4.79. The molecule has 5 nitrogen and oxygen atoms in total. The minimum Gasteiger partial charge on any atom is -0.496 e. The van der Waals surface area contributed by atoms with E-state index >= 15 is 0 Å². The molecule has 2 rings (SSSR count). The van der Waals surface area contributed by atoms with Gasteiger partial charge in [0, 0.05) is 5.56 Å². The average Bonchev–Trinajstić information content (AvgIpc) is 2.39. The summed E-state index contributed by atoms with van der Waals surface area (Å²) < 4.78 is 5.25. The molecule has 1 aromatic heterocycles. The molecule has 0 fully saturated rings. The molecule has 0 unspecified atom stereocenters. The molecule has 0 saturated heterocycles. The van der Waals surface area contributed by atoms with Crippen LogP contribution in [-0.4, -0.2) is 17.3 Å². The highest BCUT2D eigenvalue weighted by molar-refractivity contribution is 5.67. The molecular formula is C11H12N4O. The number of aromatic nitrogens is 2. The third-order valence-electron chi connectivity index (χ3n) is 2.20. The molecule has 0 aliphatic heterocycles. The summed E-state index contributed by atoms with van der Waals surface area (Å²) >= 11 is 0. The number of para-hydroxylation sites is 1. The highest BCUT2D eigenvalue weighted by Gasteiger charge is 2.06. The number of benzene rings is 1. The van der Waals surface area contributed by atoms with Crippen LogP contribution in [0.15, 0.2) is 36.4 Å². The van der Waals surface area contributed by atoms with E-state index in [0.29, 0.717) is 5.82 Å². The number of hydrogen-bond donors (Lipinski definition) is 2. The average molecular weight is 216 g/mol. The fourth-order valence-corrected chi connectivity index (χ4v) is 1.41. The lowest BCUT2D eigenvalue weighted by Gasteiger charge is -2.07. The number of rotatable bonds is 3.